The Morgan fingerprint density at radius 1 is 1.40 bits per heavy atom. The van der Waals surface area contributed by atoms with E-state index in [0.29, 0.717) is 11.5 Å². The van der Waals surface area contributed by atoms with E-state index in [9.17, 15) is 4.79 Å². The fourth-order valence-electron chi connectivity index (χ4n) is 2.47. The molecule has 0 aromatic heterocycles. The monoisotopic (exact) mass is 298 g/mol. The Hall–Kier alpha value is -1.26. The first-order valence-corrected chi connectivity index (χ1v) is 6.82. The van der Waals surface area contributed by atoms with Crippen molar-refractivity contribution in [2.45, 2.75) is 19.8 Å². The normalized spacial score (nSPS) is 16.5. The lowest BCUT2D eigenvalue weighted by Gasteiger charge is -2.29. The minimum atomic E-state index is -0.873. The van der Waals surface area contributed by atoms with E-state index in [1.54, 1.807) is 12.1 Å². The van der Waals surface area contributed by atoms with Crippen molar-refractivity contribution >= 4 is 24.1 Å². The molecule has 1 aliphatic rings. The van der Waals surface area contributed by atoms with Crippen LogP contribution in [0.2, 0.25) is 0 Å². The summed E-state index contributed by atoms with van der Waals surface area (Å²) in [7, 11) is 2.16. The lowest BCUT2D eigenvalue weighted by atomic mass is 9.97. The van der Waals surface area contributed by atoms with Crippen LogP contribution in [0.5, 0.6) is 0 Å². The molecule has 2 rings (SSSR count). The lowest BCUT2D eigenvalue weighted by molar-refractivity contribution is 0.0697. The number of hydrogen-bond donors (Lipinski definition) is 2. The van der Waals surface area contributed by atoms with Gasteiger partial charge >= 0.3 is 5.97 Å². The first-order chi connectivity index (χ1) is 9.06. The number of likely N-dealkylation sites (tertiary alicyclic amines) is 1. The number of carbonyl (C=O) groups is 1. The number of anilines is 1. The predicted molar refractivity (Wildman–Crippen MR) is 84.1 cm³/mol. The van der Waals surface area contributed by atoms with Crippen molar-refractivity contribution in [2.24, 2.45) is 5.92 Å². The third-order valence-electron chi connectivity index (χ3n) is 3.90. The van der Waals surface area contributed by atoms with E-state index >= 15 is 0 Å². The van der Waals surface area contributed by atoms with Gasteiger partial charge in [-0.3, -0.25) is 0 Å². The number of hydrogen-bond acceptors (Lipinski definition) is 3. The molecule has 0 unspecified atom stereocenters. The maximum absolute atomic E-state index is 11.0. The van der Waals surface area contributed by atoms with Crippen LogP contribution in [0.25, 0.3) is 0 Å². The highest BCUT2D eigenvalue weighted by molar-refractivity contribution is 5.89. The summed E-state index contributed by atoms with van der Waals surface area (Å²) in [6, 6.07) is 5.24. The highest BCUT2D eigenvalue weighted by Crippen LogP contribution is 2.20. The summed E-state index contributed by atoms with van der Waals surface area (Å²) in [5.41, 5.74) is 2.38. The van der Waals surface area contributed by atoms with Gasteiger partial charge in [-0.2, -0.15) is 0 Å². The average molecular weight is 299 g/mol. The van der Waals surface area contributed by atoms with E-state index < -0.39 is 5.97 Å². The van der Waals surface area contributed by atoms with E-state index in [1.807, 2.05) is 13.0 Å². The molecule has 1 saturated heterocycles. The number of aryl methyl sites for hydroxylation is 1. The molecule has 0 bridgehead atoms. The number of piperidine rings is 1. The predicted octanol–water partition coefficient (Wildman–Crippen LogP) is 2.87. The topological polar surface area (TPSA) is 52.6 Å². The Balaban J connectivity index is 0.00000200. The van der Waals surface area contributed by atoms with Crippen LogP contribution < -0.4 is 5.32 Å². The second kappa shape index (κ2) is 7.50. The van der Waals surface area contributed by atoms with Gasteiger partial charge in [-0.05, 0) is 63.5 Å². The van der Waals surface area contributed by atoms with Crippen LogP contribution in [0.3, 0.4) is 0 Å². The summed E-state index contributed by atoms with van der Waals surface area (Å²) in [5, 5.41) is 12.4. The fourth-order valence-corrected chi connectivity index (χ4v) is 2.47. The van der Waals surface area contributed by atoms with Crippen LogP contribution >= 0.6 is 12.4 Å². The number of carboxylic acid groups (broad SMARTS) is 1. The van der Waals surface area contributed by atoms with Gasteiger partial charge in [0.2, 0.25) is 0 Å². The van der Waals surface area contributed by atoms with Crippen molar-refractivity contribution in [2.75, 3.05) is 32.0 Å². The Bertz CT molecular complexity index is 457. The SMILES string of the molecule is Cc1ccc(C(=O)O)cc1NCC1CCN(C)CC1.Cl. The molecule has 0 radical (unpaired) electrons. The summed E-state index contributed by atoms with van der Waals surface area (Å²) in [6.07, 6.45) is 2.42. The molecule has 2 N–H and O–H groups in total. The fraction of sp³-hybridized carbons (Fsp3) is 0.533. The first-order valence-electron chi connectivity index (χ1n) is 6.82. The zero-order chi connectivity index (χ0) is 13.8. The Labute approximate surface area is 126 Å². The van der Waals surface area contributed by atoms with Crippen LogP contribution in [-0.2, 0) is 0 Å². The number of nitrogens with zero attached hydrogens (tertiary/aromatic N) is 1. The van der Waals surface area contributed by atoms with Crippen molar-refractivity contribution in [1.82, 2.24) is 4.90 Å². The van der Waals surface area contributed by atoms with Gasteiger partial charge in [-0.25, -0.2) is 4.79 Å². The van der Waals surface area contributed by atoms with Crippen LogP contribution in [-0.4, -0.2) is 42.7 Å². The maximum Gasteiger partial charge on any atom is 0.335 e. The molecule has 0 amide bonds. The van der Waals surface area contributed by atoms with Crippen molar-refractivity contribution in [3.8, 4) is 0 Å². The highest BCUT2D eigenvalue weighted by atomic mass is 35.5. The summed E-state index contributed by atoms with van der Waals surface area (Å²) in [5.74, 6) is -0.188. The van der Waals surface area contributed by atoms with Crippen molar-refractivity contribution in [3.63, 3.8) is 0 Å². The molecular formula is C15H23ClN2O2. The van der Waals surface area contributed by atoms with Crippen molar-refractivity contribution < 1.29 is 9.90 Å². The molecule has 0 aliphatic carbocycles. The van der Waals surface area contributed by atoms with Gasteiger partial charge < -0.3 is 15.3 Å². The number of rotatable bonds is 4. The third kappa shape index (κ3) is 4.39. The number of halogens is 1. The number of aromatic carboxylic acids is 1. The van der Waals surface area contributed by atoms with Gasteiger partial charge in [-0.1, -0.05) is 6.07 Å². The zero-order valence-corrected chi connectivity index (χ0v) is 12.9. The largest absolute Gasteiger partial charge is 0.478 e. The molecule has 0 saturated carbocycles. The molecule has 1 aromatic rings. The molecule has 0 spiro atoms. The third-order valence-corrected chi connectivity index (χ3v) is 3.90. The molecule has 4 nitrogen and oxygen atoms in total. The number of benzene rings is 1. The van der Waals surface area contributed by atoms with Gasteiger partial charge in [0.15, 0.2) is 0 Å². The van der Waals surface area contributed by atoms with E-state index in [2.05, 4.69) is 17.3 Å². The minimum Gasteiger partial charge on any atom is -0.478 e. The standard InChI is InChI=1S/C15H22N2O2.ClH/c1-11-3-4-13(15(18)19)9-14(11)16-10-12-5-7-17(2)8-6-12;/h3-4,9,12,16H,5-8,10H2,1-2H3,(H,18,19);1H. The van der Waals surface area contributed by atoms with E-state index in [1.165, 1.54) is 12.8 Å². The smallest absolute Gasteiger partial charge is 0.335 e. The van der Waals surface area contributed by atoms with E-state index in [4.69, 9.17) is 5.11 Å². The summed E-state index contributed by atoms with van der Waals surface area (Å²) >= 11 is 0. The van der Waals surface area contributed by atoms with Gasteiger partial charge in [-0.15, -0.1) is 12.4 Å². The van der Waals surface area contributed by atoms with E-state index in [0.717, 1.165) is 30.9 Å². The first kappa shape index (κ1) is 16.8. The number of nitrogens with one attached hydrogen (secondary N) is 1. The minimum absolute atomic E-state index is 0. The van der Waals surface area contributed by atoms with Crippen molar-refractivity contribution in [3.05, 3.63) is 29.3 Å². The van der Waals surface area contributed by atoms with Crippen LogP contribution in [0.15, 0.2) is 18.2 Å². The summed E-state index contributed by atoms with van der Waals surface area (Å²) in [6.45, 7) is 5.24. The molecule has 1 aliphatic heterocycles. The second-order valence-electron chi connectivity index (χ2n) is 5.46. The molecule has 1 aromatic carbocycles. The highest BCUT2D eigenvalue weighted by Gasteiger charge is 2.16. The zero-order valence-electron chi connectivity index (χ0n) is 12.1. The summed E-state index contributed by atoms with van der Waals surface area (Å²) < 4.78 is 0. The molecule has 1 heterocycles. The lowest BCUT2D eigenvalue weighted by Crippen LogP contribution is -2.33. The van der Waals surface area contributed by atoms with Gasteiger partial charge in [0, 0.05) is 12.2 Å². The molecule has 112 valence electrons. The maximum atomic E-state index is 11.0. The molecule has 5 heteroatoms. The van der Waals surface area contributed by atoms with Gasteiger partial charge in [0.05, 0.1) is 5.56 Å². The quantitative estimate of drug-likeness (QED) is 0.897. The van der Waals surface area contributed by atoms with Crippen LogP contribution in [0.1, 0.15) is 28.8 Å². The van der Waals surface area contributed by atoms with E-state index in [-0.39, 0.29) is 12.4 Å². The van der Waals surface area contributed by atoms with Crippen LogP contribution in [0, 0.1) is 12.8 Å². The second-order valence-corrected chi connectivity index (χ2v) is 5.46. The average Bonchev–Trinajstić information content (AvgIpc) is 2.39. The van der Waals surface area contributed by atoms with Gasteiger partial charge in [0.25, 0.3) is 0 Å². The molecule has 0 atom stereocenters. The number of carboxylic acids is 1. The Morgan fingerprint density at radius 3 is 2.65 bits per heavy atom. The molecule has 20 heavy (non-hydrogen) atoms. The van der Waals surface area contributed by atoms with Crippen LogP contribution in [0.4, 0.5) is 5.69 Å². The molecular weight excluding hydrogens is 276 g/mol. The van der Waals surface area contributed by atoms with Gasteiger partial charge in [0.1, 0.15) is 0 Å². The van der Waals surface area contributed by atoms with Crippen molar-refractivity contribution in [1.29, 1.82) is 0 Å². The summed E-state index contributed by atoms with van der Waals surface area (Å²) in [4.78, 5) is 13.3. The molecule has 1 fully saturated rings. The Kier molecular flexibility index (Phi) is 6.30. The Morgan fingerprint density at radius 2 is 2.05 bits per heavy atom.